The smallest absolute Gasteiger partial charge is 0.255 e. The summed E-state index contributed by atoms with van der Waals surface area (Å²) in [6, 6.07) is 11.7. The van der Waals surface area contributed by atoms with Crippen LogP contribution in [-0.2, 0) is 5.54 Å². The van der Waals surface area contributed by atoms with Crippen molar-refractivity contribution in [3.8, 4) is 17.1 Å². The molecule has 3 aromatic heterocycles. The first-order valence-electron chi connectivity index (χ1n) is 13.2. The average Bonchev–Trinajstić information content (AvgIpc) is 3.20. The highest BCUT2D eigenvalue weighted by molar-refractivity contribution is 5.95. The molecule has 1 saturated heterocycles. The number of hydrogen-bond acceptors (Lipinski definition) is 6. The number of likely N-dealkylation sites (tertiary alicyclic amines) is 1. The summed E-state index contributed by atoms with van der Waals surface area (Å²) in [7, 11) is 0. The molecule has 4 atom stereocenters. The van der Waals surface area contributed by atoms with Crippen LogP contribution in [-0.4, -0.2) is 49.5 Å². The number of rotatable bonds is 6. The number of aliphatic hydroxyl groups excluding tert-OH is 1. The summed E-state index contributed by atoms with van der Waals surface area (Å²) in [5.41, 5.74) is 10.7. The minimum Gasteiger partial charge on any atom is -0.474 e. The second-order valence-electron chi connectivity index (χ2n) is 11.4. The third-order valence-corrected chi connectivity index (χ3v) is 7.74. The van der Waals surface area contributed by atoms with E-state index >= 15 is 0 Å². The predicted octanol–water partition coefficient (Wildman–Crippen LogP) is 4.24. The molecule has 0 spiro atoms. The number of fused-ring (bicyclic) bond motifs is 2. The predicted molar refractivity (Wildman–Crippen MR) is 145 cm³/mol. The van der Waals surface area contributed by atoms with Crippen molar-refractivity contribution in [3.63, 3.8) is 0 Å². The molecule has 202 valence electrons. The van der Waals surface area contributed by atoms with E-state index in [0.29, 0.717) is 41.4 Å². The largest absolute Gasteiger partial charge is 0.474 e. The second kappa shape index (κ2) is 9.14. The van der Waals surface area contributed by atoms with Crippen LogP contribution in [0.1, 0.15) is 54.1 Å². The van der Waals surface area contributed by atoms with E-state index in [1.165, 1.54) is 12.1 Å². The molecule has 4 aromatic rings. The van der Waals surface area contributed by atoms with Crippen molar-refractivity contribution in [1.29, 1.82) is 0 Å². The van der Waals surface area contributed by atoms with E-state index in [-0.39, 0.29) is 29.7 Å². The second-order valence-corrected chi connectivity index (χ2v) is 11.4. The molecule has 2 unspecified atom stereocenters. The number of aromatic nitrogens is 3. The van der Waals surface area contributed by atoms with Gasteiger partial charge in [0, 0.05) is 60.1 Å². The summed E-state index contributed by atoms with van der Waals surface area (Å²) in [4.78, 5) is 24.4. The lowest BCUT2D eigenvalue weighted by molar-refractivity contribution is 0.0750. The zero-order valence-corrected chi connectivity index (χ0v) is 22.4. The Kier molecular flexibility index (Phi) is 5.96. The fraction of sp³-hybridized carbons (Fsp3) is 0.367. The van der Waals surface area contributed by atoms with Gasteiger partial charge in [-0.05, 0) is 69.7 Å². The van der Waals surface area contributed by atoms with Crippen molar-refractivity contribution >= 4 is 11.6 Å². The maximum Gasteiger partial charge on any atom is 0.255 e. The number of nitrogens with zero attached hydrogens (tertiary/aromatic N) is 4. The molecule has 3 N–H and O–H groups in total. The molecule has 0 radical (unpaired) electrons. The third kappa shape index (κ3) is 4.77. The molecule has 2 fully saturated rings. The number of halogens is 1. The van der Waals surface area contributed by atoms with Crippen molar-refractivity contribution in [1.82, 2.24) is 19.3 Å². The number of aliphatic hydroxyl groups is 1. The Hall–Kier alpha value is -3.82. The molecular weight excluding hydrogens is 497 g/mol. The molecule has 1 aliphatic carbocycles. The summed E-state index contributed by atoms with van der Waals surface area (Å²) in [6.07, 6.45) is 2.86. The van der Waals surface area contributed by atoms with Crippen LogP contribution in [0.3, 0.4) is 0 Å². The Labute approximate surface area is 226 Å². The monoisotopic (exact) mass is 529 g/mol. The van der Waals surface area contributed by atoms with Crippen LogP contribution in [0.2, 0.25) is 0 Å². The van der Waals surface area contributed by atoms with Gasteiger partial charge in [-0.2, -0.15) is 0 Å². The number of amides is 1. The zero-order valence-electron chi connectivity index (χ0n) is 22.4. The number of hydrogen-bond donors (Lipinski definition) is 2. The van der Waals surface area contributed by atoms with Crippen LogP contribution >= 0.6 is 0 Å². The zero-order chi connectivity index (χ0) is 27.6. The number of pyridine rings is 2. The number of imidazole rings is 1. The van der Waals surface area contributed by atoms with Gasteiger partial charge in [0.25, 0.3) is 5.91 Å². The number of nitrogens with two attached hydrogens (primary N) is 1. The molecule has 1 saturated carbocycles. The van der Waals surface area contributed by atoms with Crippen LogP contribution in [0.5, 0.6) is 5.88 Å². The Balaban J connectivity index is 1.19. The fourth-order valence-corrected chi connectivity index (χ4v) is 5.51. The number of benzene rings is 1. The van der Waals surface area contributed by atoms with Crippen LogP contribution in [0.25, 0.3) is 16.9 Å². The number of aryl methyl sites for hydroxylation is 1. The van der Waals surface area contributed by atoms with Crippen molar-refractivity contribution in [2.45, 2.75) is 45.4 Å². The average molecular weight is 530 g/mol. The highest BCUT2D eigenvalue weighted by Crippen LogP contribution is 2.48. The molecule has 9 heteroatoms. The number of piperidine rings is 1. The summed E-state index contributed by atoms with van der Waals surface area (Å²) in [6.45, 7) is 8.58. The molecule has 6 rings (SSSR count). The van der Waals surface area contributed by atoms with E-state index in [2.05, 4.69) is 4.98 Å². The van der Waals surface area contributed by atoms with Crippen molar-refractivity contribution in [3.05, 3.63) is 83.1 Å². The van der Waals surface area contributed by atoms with Gasteiger partial charge < -0.3 is 24.9 Å². The Morgan fingerprint density at radius 2 is 1.82 bits per heavy atom. The quantitative estimate of drug-likeness (QED) is 0.387. The topological polar surface area (TPSA) is 106 Å². The maximum atomic E-state index is 13.5. The Morgan fingerprint density at radius 1 is 1.13 bits per heavy atom. The SMILES string of the molecule is Cc1cn2cc(C(=O)N3C[C@@H]4C(Oc5cc(C(C)(C)N)cc(-c6ccc(F)cc6)n5)[C@@H]4C3)cc(C(C)O)c2n1. The molecule has 1 aliphatic heterocycles. The lowest BCUT2D eigenvalue weighted by Crippen LogP contribution is -2.33. The lowest BCUT2D eigenvalue weighted by atomic mass is 9.95. The molecule has 0 bridgehead atoms. The van der Waals surface area contributed by atoms with E-state index < -0.39 is 11.6 Å². The van der Waals surface area contributed by atoms with Gasteiger partial charge in [-0.15, -0.1) is 0 Å². The lowest BCUT2D eigenvalue weighted by Gasteiger charge is -2.23. The molecule has 39 heavy (non-hydrogen) atoms. The van der Waals surface area contributed by atoms with Gasteiger partial charge in [-0.1, -0.05) is 0 Å². The van der Waals surface area contributed by atoms with E-state index in [4.69, 9.17) is 15.5 Å². The Morgan fingerprint density at radius 3 is 2.46 bits per heavy atom. The Bertz CT molecular complexity index is 1560. The molecule has 2 aliphatic rings. The highest BCUT2D eigenvalue weighted by atomic mass is 19.1. The van der Waals surface area contributed by atoms with Crippen LogP contribution in [0, 0.1) is 24.6 Å². The summed E-state index contributed by atoms with van der Waals surface area (Å²) >= 11 is 0. The van der Waals surface area contributed by atoms with Crippen LogP contribution < -0.4 is 10.5 Å². The number of ether oxygens (including phenoxy) is 1. The third-order valence-electron chi connectivity index (χ3n) is 7.74. The van der Waals surface area contributed by atoms with E-state index in [0.717, 1.165) is 16.8 Å². The van der Waals surface area contributed by atoms with Gasteiger partial charge in [0.1, 0.15) is 17.6 Å². The van der Waals surface area contributed by atoms with E-state index in [9.17, 15) is 14.3 Å². The first-order valence-corrected chi connectivity index (χ1v) is 13.2. The van der Waals surface area contributed by atoms with E-state index in [1.807, 2.05) is 48.4 Å². The first kappa shape index (κ1) is 25.5. The standard InChI is InChI=1S/C30H32FN5O3/c1-16-12-35-13-19(9-22(17(2)37)28(35)33-16)29(38)36-14-23-24(15-36)27(23)39-26-11-20(30(3,4)32)10-25(34-26)18-5-7-21(31)8-6-18/h5-13,17,23-24,27,37H,14-15,32H2,1-4H3/t17?,23-,24+,27?. The molecule has 1 aromatic carbocycles. The molecule has 4 heterocycles. The van der Waals surface area contributed by atoms with Crippen LogP contribution in [0.15, 0.2) is 54.9 Å². The van der Waals surface area contributed by atoms with Crippen molar-refractivity contribution in [2.75, 3.05) is 13.1 Å². The van der Waals surface area contributed by atoms with Crippen LogP contribution in [0.4, 0.5) is 4.39 Å². The van der Waals surface area contributed by atoms with Gasteiger partial charge in [0.05, 0.1) is 23.1 Å². The van der Waals surface area contributed by atoms with Gasteiger partial charge in [0.2, 0.25) is 5.88 Å². The summed E-state index contributed by atoms with van der Waals surface area (Å²) in [5, 5.41) is 10.3. The summed E-state index contributed by atoms with van der Waals surface area (Å²) < 4.78 is 21.6. The van der Waals surface area contributed by atoms with Gasteiger partial charge >= 0.3 is 0 Å². The highest BCUT2D eigenvalue weighted by Gasteiger charge is 2.59. The number of carbonyl (C=O) groups is 1. The van der Waals surface area contributed by atoms with Gasteiger partial charge in [-0.25, -0.2) is 14.4 Å². The number of carbonyl (C=O) groups excluding carboxylic acids is 1. The minimum absolute atomic E-state index is 0.0365. The maximum absolute atomic E-state index is 13.5. The molecule has 1 amide bonds. The first-order chi connectivity index (χ1) is 18.5. The molecular formula is C30H32FN5O3. The minimum atomic E-state index is -0.742. The fourth-order valence-electron chi connectivity index (χ4n) is 5.51. The van der Waals surface area contributed by atoms with Crippen molar-refractivity contribution in [2.24, 2.45) is 17.6 Å². The molecule has 8 nitrogen and oxygen atoms in total. The van der Waals surface area contributed by atoms with Gasteiger partial charge in [0.15, 0.2) is 0 Å². The summed E-state index contributed by atoms with van der Waals surface area (Å²) in [5.74, 6) is 0.535. The van der Waals surface area contributed by atoms with Crippen molar-refractivity contribution < 1.29 is 19.0 Å². The van der Waals surface area contributed by atoms with E-state index in [1.54, 1.807) is 31.3 Å². The normalized spacial score (nSPS) is 21.2. The van der Waals surface area contributed by atoms with Gasteiger partial charge in [-0.3, -0.25) is 4.79 Å².